The molecule has 0 aliphatic heterocycles. The molecule has 0 saturated carbocycles. The minimum absolute atomic E-state index is 0.327. The number of carbonyl (C=O) groups excluding carboxylic acids is 1. The highest BCUT2D eigenvalue weighted by atomic mass is 32.2. The molecular formula is C23H20F3N5O2S. The number of allylic oxidation sites excluding steroid dienone is 1. The van der Waals surface area contributed by atoms with Gasteiger partial charge in [-0.1, -0.05) is 43.0 Å². The van der Waals surface area contributed by atoms with Crippen molar-refractivity contribution in [2.24, 2.45) is 0 Å². The summed E-state index contributed by atoms with van der Waals surface area (Å²) in [5.41, 5.74) is 2.62. The summed E-state index contributed by atoms with van der Waals surface area (Å²) < 4.78 is 42.8. The molecule has 1 amide bonds. The molecule has 0 aliphatic carbocycles. The molecule has 1 N–H and O–H groups in total. The lowest BCUT2D eigenvalue weighted by Crippen LogP contribution is -2.25. The number of hydrogen-bond donors (Lipinski definition) is 1. The van der Waals surface area contributed by atoms with Crippen LogP contribution in [0.15, 0.2) is 66.3 Å². The van der Waals surface area contributed by atoms with E-state index in [0.29, 0.717) is 35.0 Å². The second-order valence-corrected chi connectivity index (χ2v) is 8.43. The molecule has 0 saturated heterocycles. The van der Waals surface area contributed by atoms with Crippen LogP contribution in [0, 0.1) is 0 Å². The van der Waals surface area contributed by atoms with Gasteiger partial charge in [-0.15, -0.1) is 29.9 Å². The number of carbonyl (C=O) groups is 1. The molecule has 7 nitrogen and oxygen atoms in total. The number of amides is 1. The summed E-state index contributed by atoms with van der Waals surface area (Å²) in [4.78, 5) is 17.5. The average Bonchev–Trinajstić information content (AvgIpc) is 3.11. The van der Waals surface area contributed by atoms with Crippen molar-refractivity contribution in [2.45, 2.75) is 36.7 Å². The van der Waals surface area contributed by atoms with Crippen LogP contribution < -0.4 is 10.1 Å². The Morgan fingerprint density at radius 2 is 1.94 bits per heavy atom. The van der Waals surface area contributed by atoms with E-state index in [0.717, 1.165) is 23.0 Å². The van der Waals surface area contributed by atoms with Gasteiger partial charge in [0.15, 0.2) is 5.65 Å². The summed E-state index contributed by atoms with van der Waals surface area (Å²) in [7, 11) is 0. The lowest BCUT2D eigenvalue weighted by Gasteiger charge is -2.14. The van der Waals surface area contributed by atoms with Gasteiger partial charge in [0, 0.05) is 17.6 Å². The van der Waals surface area contributed by atoms with Gasteiger partial charge in [0.1, 0.15) is 11.3 Å². The monoisotopic (exact) mass is 487 g/mol. The second-order valence-electron chi connectivity index (χ2n) is 7.26. The summed E-state index contributed by atoms with van der Waals surface area (Å²) in [6, 6.07) is 12.7. The Labute approximate surface area is 197 Å². The van der Waals surface area contributed by atoms with E-state index in [1.165, 1.54) is 23.9 Å². The Kier molecular flexibility index (Phi) is 6.73. The third kappa shape index (κ3) is 5.14. The first-order valence-corrected chi connectivity index (χ1v) is 11.2. The van der Waals surface area contributed by atoms with Gasteiger partial charge in [-0.25, -0.2) is 4.98 Å². The van der Waals surface area contributed by atoms with E-state index in [1.807, 2.05) is 35.8 Å². The fourth-order valence-electron chi connectivity index (χ4n) is 3.47. The van der Waals surface area contributed by atoms with Gasteiger partial charge in [-0.05, 0) is 36.8 Å². The number of halogens is 3. The van der Waals surface area contributed by atoms with Crippen molar-refractivity contribution in [3.8, 4) is 5.75 Å². The smallest absolute Gasteiger partial charge is 0.406 e. The molecule has 2 aromatic heterocycles. The largest absolute Gasteiger partial charge is 0.573 e. The van der Waals surface area contributed by atoms with Crippen LogP contribution in [0.4, 0.5) is 18.9 Å². The minimum Gasteiger partial charge on any atom is -0.406 e. The average molecular weight is 488 g/mol. The lowest BCUT2D eigenvalue weighted by atomic mass is 10.2. The SMILES string of the molecule is C=CCn1c2ccccc2c2nnc(S[C@@H](CC)C(=O)Nc3ccc(OC(F)(F)F)cc3)nc21. The second kappa shape index (κ2) is 9.72. The third-order valence-electron chi connectivity index (χ3n) is 4.93. The minimum atomic E-state index is -4.78. The topological polar surface area (TPSA) is 81.9 Å². The molecular weight excluding hydrogens is 467 g/mol. The fraction of sp³-hybridized carbons (Fsp3) is 0.217. The molecule has 0 unspecified atom stereocenters. The highest BCUT2D eigenvalue weighted by Crippen LogP contribution is 2.30. The van der Waals surface area contributed by atoms with E-state index in [-0.39, 0.29) is 11.7 Å². The molecule has 4 aromatic rings. The molecule has 2 heterocycles. The molecule has 0 aliphatic rings. The van der Waals surface area contributed by atoms with Crippen molar-refractivity contribution in [3.05, 3.63) is 61.2 Å². The number of anilines is 1. The summed E-state index contributed by atoms with van der Waals surface area (Å²) in [5, 5.41) is 12.0. The first-order valence-electron chi connectivity index (χ1n) is 10.3. The van der Waals surface area contributed by atoms with E-state index < -0.39 is 11.6 Å². The van der Waals surface area contributed by atoms with Gasteiger partial charge in [0.25, 0.3) is 0 Å². The molecule has 4 rings (SSSR count). The highest BCUT2D eigenvalue weighted by Gasteiger charge is 2.31. The Morgan fingerprint density at radius 3 is 2.62 bits per heavy atom. The van der Waals surface area contributed by atoms with Crippen molar-refractivity contribution in [1.29, 1.82) is 0 Å². The zero-order valence-corrected chi connectivity index (χ0v) is 18.9. The van der Waals surface area contributed by atoms with Gasteiger partial charge in [0.05, 0.1) is 10.8 Å². The molecule has 0 fully saturated rings. The van der Waals surface area contributed by atoms with Crippen LogP contribution in [0.1, 0.15) is 13.3 Å². The molecule has 0 spiro atoms. The van der Waals surface area contributed by atoms with Gasteiger partial charge in [-0.3, -0.25) is 4.79 Å². The van der Waals surface area contributed by atoms with E-state index in [4.69, 9.17) is 0 Å². The molecule has 34 heavy (non-hydrogen) atoms. The van der Waals surface area contributed by atoms with E-state index in [1.54, 1.807) is 6.08 Å². The number of para-hydroxylation sites is 1. The number of alkyl halides is 3. The van der Waals surface area contributed by atoms with Gasteiger partial charge >= 0.3 is 6.36 Å². The standard InChI is InChI=1S/C23H20F3N5O2S/c1-3-13-31-17-8-6-5-7-16(17)19-20(31)28-22(30-29-19)34-18(4-2)21(32)27-14-9-11-15(12-10-14)33-23(24,25)26/h3,5-12,18H,1,4,13H2,2H3,(H,27,32)/t18-/m0/s1. The van der Waals surface area contributed by atoms with Crippen LogP contribution in [-0.2, 0) is 11.3 Å². The van der Waals surface area contributed by atoms with Crippen LogP contribution in [0.2, 0.25) is 0 Å². The number of rotatable bonds is 8. The Morgan fingerprint density at radius 1 is 1.21 bits per heavy atom. The van der Waals surface area contributed by atoms with E-state index >= 15 is 0 Å². The number of thioether (sulfide) groups is 1. The normalized spacial score (nSPS) is 12.6. The number of nitrogens with zero attached hydrogens (tertiary/aromatic N) is 4. The molecule has 0 bridgehead atoms. The van der Waals surface area contributed by atoms with Crippen LogP contribution in [0.5, 0.6) is 5.75 Å². The van der Waals surface area contributed by atoms with E-state index in [2.05, 4.69) is 31.8 Å². The zero-order chi connectivity index (χ0) is 24.3. The van der Waals surface area contributed by atoms with Crippen LogP contribution in [0.25, 0.3) is 22.1 Å². The van der Waals surface area contributed by atoms with Gasteiger partial charge in [-0.2, -0.15) is 0 Å². The van der Waals surface area contributed by atoms with Crippen LogP contribution in [-0.4, -0.2) is 37.3 Å². The molecule has 1 atom stereocenters. The number of hydrogen-bond acceptors (Lipinski definition) is 6. The van der Waals surface area contributed by atoms with Crippen molar-refractivity contribution in [3.63, 3.8) is 0 Å². The van der Waals surface area contributed by atoms with Crippen molar-refractivity contribution < 1.29 is 22.7 Å². The molecule has 11 heteroatoms. The van der Waals surface area contributed by atoms with E-state index in [9.17, 15) is 18.0 Å². The maximum Gasteiger partial charge on any atom is 0.573 e. The summed E-state index contributed by atoms with van der Waals surface area (Å²) in [6.07, 6.45) is -2.53. The maximum atomic E-state index is 12.8. The lowest BCUT2D eigenvalue weighted by molar-refractivity contribution is -0.274. The zero-order valence-electron chi connectivity index (χ0n) is 18.0. The number of benzene rings is 2. The Balaban J connectivity index is 1.53. The van der Waals surface area contributed by atoms with Crippen molar-refractivity contribution in [2.75, 3.05) is 5.32 Å². The van der Waals surface area contributed by atoms with Gasteiger partial charge in [0.2, 0.25) is 11.1 Å². The Bertz CT molecular complexity index is 1340. The van der Waals surface area contributed by atoms with Crippen LogP contribution in [0.3, 0.4) is 0 Å². The number of aromatic nitrogens is 4. The highest BCUT2D eigenvalue weighted by molar-refractivity contribution is 8.00. The fourth-order valence-corrected chi connectivity index (χ4v) is 4.28. The van der Waals surface area contributed by atoms with Crippen molar-refractivity contribution >= 4 is 45.4 Å². The van der Waals surface area contributed by atoms with Gasteiger partial charge < -0.3 is 14.6 Å². The number of fused-ring (bicyclic) bond motifs is 3. The number of ether oxygens (including phenoxy) is 1. The first kappa shape index (κ1) is 23.6. The molecule has 0 radical (unpaired) electrons. The summed E-state index contributed by atoms with van der Waals surface area (Å²) in [6.45, 7) is 6.20. The Hall–Kier alpha value is -3.60. The van der Waals surface area contributed by atoms with Crippen molar-refractivity contribution in [1.82, 2.24) is 19.7 Å². The predicted molar refractivity (Wildman–Crippen MR) is 125 cm³/mol. The summed E-state index contributed by atoms with van der Waals surface area (Å²) >= 11 is 1.17. The summed E-state index contributed by atoms with van der Waals surface area (Å²) in [5.74, 6) is -0.693. The first-order chi connectivity index (χ1) is 16.3. The maximum absolute atomic E-state index is 12.8. The molecule has 2 aromatic carbocycles. The predicted octanol–water partition coefficient (Wildman–Crippen LogP) is 5.57. The van der Waals surface area contributed by atoms with Crippen LogP contribution >= 0.6 is 11.8 Å². The quantitative estimate of drug-likeness (QED) is 0.258. The number of nitrogens with one attached hydrogen (secondary N) is 1. The molecule has 176 valence electrons. The third-order valence-corrected chi connectivity index (χ3v) is 6.15.